The van der Waals surface area contributed by atoms with E-state index < -0.39 is 10.0 Å². The molecule has 0 saturated carbocycles. The molecule has 106 valence electrons. The smallest absolute Gasteiger partial charge is 0.229 e. The quantitative estimate of drug-likeness (QED) is 0.899. The molecule has 0 atom stereocenters. The average molecular weight is 332 g/mol. The van der Waals surface area contributed by atoms with Gasteiger partial charge in [-0.15, -0.1) is 0 Å². The summed E-state index contributed by atoms with van der Waals surface area (Å²) in [7, 11) is -3.30. The molecular formula is C12H11Cl2N3O2S. The van der Waals surface area contributed by atoms with Gasteiger partial charge < -0.3 is 5.32 Å². The first-order valence-electron chi connectivity index (χ1n) is 5.49. The monoisotopic (exact) mass is 331 g/mol. The van der Waals surface area contributed by atoms with Crippen molar-refractivity contribution in [3.63, 3.8) is 0 Å². The Morgan fingerprint density at radius 1 is 1.05 bits per heavy atom. The number of anilines is 3. The Bertz CT molecular complexity index is 718. The molecular weight excluding hydrogens is 321 g/mol. The summed E-state index contributed by atoms with van der Waals surface area (Å²) in [5.74, 6) is 0.558. The zero-order valence-corrected chi connectivity index (χ0v) is 12.7. The lowest BCUT2D eigenvalue weighted by Crippen LogP contribution is -2.09. The topological polar surface area (TPSA) is 71.1 Å². The minimum Gasteiger partial charge on any atom is -0.340 e. The van der Waals surface area contributed by atoms with Crippen LogP contribution in [0, 0.1) is 0 Å². The van der Waals surface area contributed by atoms with Crippen molar-refractivity contribution in [2.24, 2.45) is 0 Å². The van der Waals surface area contributed by atoms with Crippen molar-refractivity contribution in [2.75, 3.05) is 16.3 Å². The summed E-state index contributed by atoms with van der Waals surface area (Å²) in [6, 6.07) is 8.36. The highest BCUT2D eigenvalue weighted by Gasteiger charge is 2.03. The third kappa shape index (κ3) is 4.26. The van der Waals surface area contributed by atoms with E-state index in [1.165, 1.54) is 6.20 Å². The van der Waals surface area contributed by atoms with E-state index in [2.05, 4.69) is 15.0 Å². The average Bonchev–Trinajstić information content (AvgIpc) is 2.35. The number of halogens is 2. The molecule has 0 bridgehead atoms. The van der Waals surface area contributed by atoms with Crippen LogP contribution in [0.5, 0.6) is 0 Å². The Morgan fingerprint density at radius 2 is 1.75 bits per heavy atom. The first-order chi connectivity index (χ1) is 9.33. The summed E-state index contributed by atoms with van der Waals surface area (Å²) in [5, 5.41) is 3.94. The lowest BCUT2D eigenvalue weighted by atomic mass is 10.3. The number of benzene rings is 1. The Labute approximate surface area is 127 Å². The molecule has 2 rings (SSSR count). The molecule has 20 heavy (non-hydrogen) atoms. The number of nitrogens with one attached hydrogen (secondary N) is 2. The number of sulfonamides is 1. The van der Waals surface area contributed by atoms with Gasteiger partial charge in [0.1, 0.15) is 5.82 Å². The second kappa shape index (κ2) is 5.87. The van der Waals surface area contributed by atoms with Crippen LogP contribution in [0.4, 0.5) is 17.2 Å². The van der Waals surface area contributed by atoms with Crippen LogP contribution in [0.3, 0.4) is 0 Å². The van der Waals surface area contributed by atoms with Crippen LogP contribution in [0.2, 0.25) is 10.0 Å². The Morgan fingerprint density at radius 3 is 2.30 bits per heavy atom. The number of rotatable bonds is 4. The SMILES string of the molecule is CS(=O)(=O)Nc1ccc(Nc2ccc(Cl)c(Cl)c2)nc1. The summed E-state index contributed by atoms with van der Waals surface area (Å²) in [6.07, 6.45) is 2.50. The van der Waals surface area contributed by atoms with E-state index in [4.69, 9.17) is 23.2 Å². The molecule has 0 spiro atoms. The predicted octanol–water partition coefficient (Wildman–Crippen LogP) is 3.50. The van der Waals surface area contributed by atoms with Gasteiger partial charge in [-0.2, -0.15) is 0 Å². The van der Waals surface area contributed by atoms with E-state index in [1.54, 1.807) is 30.3 Å². The van der Waals surface area contributed by atoms with E-state index in [-0.39, 0.29) is 0 Å². The molecule has 1 heterocycles. The summed E-state index contributed by atoms with van der Waals surface area (Å²) in [5.41, 5.74) is 1.13. The van der Waals surface area contributed by atoms with Crippen LogP contribution < -0.4 is 10.0 Å². The molecule has 0 unspecified atom stereocenters. The molecule has 2 aromatic rings. The molecule has 8 heteroatoms. The maximum atomic E-state index is 11.1. The van der Waals surface area contributed by atoms with Crippen LogP contribution >= 0.6 is 23.2 Å². The van der Waals surface area contributed by atoms with Crippen LogP contribution in [0.1, 0.15) is 0 Å². The highest BCUT2D eigenvalue weighted by molar-refractivity contribution is 7.92. The van der Waals surface area contributed by atoms with Gasteiger partial charge in [-0.05, 0) is 30.3 Å². The van der Waals surface area contributed by atoms with Crippen LogP contribution in [0.15, 0.2) is 36.5 Å². The van der Waals surface area contributed by atoms with Gasteiger partial charge in [0.25, 0.3) is 0 Å². The molecule has 0 aliphatic carbocycles. The summed E-state index contributed by atoms with van der Waals surface area (Å²) < 4.78 is 24.5. The lowest BCUT2D eigenvalue weighted by molar-refractivity contribution is 0.607. The van der Waals surface area contributed by atoms with Crippen molar-refractivity contribution in [2.45, 2.75) is 0 Å². The van der Waals surface area contributed by atoms with Gasteiger partial charge in [0.15, 0.2) is 0 Å². The fourth-order valence-electron chi connectivity index (χ4n) is 1.46. The highest BCUT2D eigenvalue weighted by Crippen LogP contribution is 2.26. The van der Waals surface area contributed by atoms with E-state index in [1.807, 2.05) is 0 Å². The second-order valence-electron chi connectivity index (χ2n) is 4.06. The Hall–Kier alpha value is -1.50. The van der Waals surface area contributed by atoms with Gasteiger partial charge in [0.2, 0.25) is 10.0 Å². The maximum absolute atomic E-state index is 11.1. The second-order valence-corrected chi connectivity index (χ2v) is 6.62. The number of hydrogen-bond donors (Lipinski definition) is 2. The molecule has 0 aliphatic heterocycles. The van der Waals surface area contributed by atoms with E-state index in [0.717, 1.165) is 11.9 Å². The van der Waals surface area contributed by atoms with Crippen molar-refractivity contribution >= 4 is 50.4 Å². The molecule has 0 saturated heterocycles. The Kier molecular flexibility index (Phi) is 4.37. The van der Waals surface area contributed by atoms with Crippen LogP contribution in [-0.4, -0.2) is 19.7 Å². The van der Waals surface area contributed by atoms with Crippen molar-refractivity contribution in [3.05, 3.63) is 46.6 Å². The molecule has 0 radical (unpaired) electrons. The molecule has 0 aliphatic rings. The van der Waals surface area contributed by atoms with Crippen molar-refractivity contribution < 1.29 is 8.42 Å². The van der Waals surface area contributed by atoms with Crippen molar-refractivity contribution in [1.82, 2.24) is 4.98 Å². The number of nitrogens with zero attached hydrogens (tertiary/aromatic N) is 1. The number of hydrogen-bond acceptors (Lipinski definition) is 4. The molecule has 2 N–H and O–H groups in total. The fraction of sp³-hybridized carbons (Fsp3) is 0.0833. The zero-order chi connectivity index (χ0) is 14.8. The van der Waals surface area contributed by atoms with Crippen molar-refractivity contribution in [3.8, 4) is 0 Å². The third-order valence-corrected chi connectivity index (χ3v) is 3.60. The van der Waals surface area contributed by atoms with Gasteiger partial charge in [-0.3, -0.25) is 4.72 Å². The summed E-state index contributed by atoms with van der Waals surface area (Å²) in [6.45, 7) is 0. The first-order valence-corrected chi connectivity index (χ1v) is 8.14. The lowest BCUT2D eigenvalue weighted by Gasteiger charge is -2.08. The molecule has 5 nitrogen and oxygen atoms in total. The zero-order valence-electron chi connectivity index (χ0n) is 10.4. The number of aromatic nitrogens is 1. The third-order valence-electron chi connectivity index (χ3n) is 2.26. The summed E-state index contributed by atoms with van der Waals surface area (Å²) in [4.78, 5) is 4.10. The predicted molar refractivity (Wildman–Crippen MR) is 82.4 cm³/mol. The molecule has 0 fully saturated rings. The summed E-state index contributed by atoms with van der Waals surface area (Å²) >= 11 is 11.7. The van der Waals surface area contributed by atoms with Gasteiger partial charge in [0, 0.05) is 5.69 Å². The molecule has 1 aromatic carbocycles. The van der Waals surface area contributed by atoms with Crippen LogP contribution in [-0.2, 0) is 10.0 Å². The molecule has 1 aromatic heterocycles. The minimum atomic E-state index is -3.30. The van der Waals surface area contributed by atoms with E-state index in [9.17, 15) is 8.42 Å². The van der Waals surface area contributed by atoms with Gasteiger partial charge in [0.05, 0.1) is 28.2 Å². The fourth-order valence-corrected chi connectivity index (χ4v) is 2.31. The van der Waals surface area contributed by atoms with Crippen molar-refractivity contribution in [1.29, 1.82) is 0 Å². The minimum absolute atomic E-state index is 0.396. The van der Waals surface area contributed by atoms with E-state index in [0.29, 0.717) is 21.6 Å². The van der Waals surface area contributed by atoms with Crippen LogP contribution in [0.25, 0.3) is 0 Å². The molecule has 0 amide bonds. The normalized spacial score (nSPS) is 11.2. The standard InChI is InChI=1S/C12H11Cl2N3O2S/c1-20(18,19)17-9-3-5-12(15-7-9)16-8-2-4-10(13)11(14)6-8/h2-7,17H,1H3,(H,15,16). The van der Waals surface area contributed by atoms with Gasteiger partial charge in [-0.1, -0.05) is 23.2 Å². The maximum Gasteiger partial charge on any atom is 0.229 e. The Balaban J connectivity index is 2.12. The van der Waals surface area contributed by atoms with E-state index >= 15 is 0 Å². The first kappa shape index (κ1) is 14.9. The number of pyridine rings is 1. The van der Waals surface area contributed by atoms with Gasteiger partial charge >= 0.3 is 0 Å². The highest BCUT2D eigenvalue weighted by atomic mass is 35.5. The largest absolute Gasteiger partial charge is 0.340 e. The van der Waals surface area contributed by atoms with Gasteiger partial charge in [-0.25, -0.2) is 13.4 Å².